The number of amides is 2. The normalized spacial score (nSPS) is 21.2. The zero-order chi connectivity index (χ0) is 14.5. The lowest BCUT2D eigenvalue weighted by molar-refractivity contribution is -0.142. The van der Waals surface area contributed by atoms with Gasteiger partial charge in [-0.05, 0) is 18.9 Å². The third-order valence-electron chi connectivity index (χ3n) is 3.45. The highest BCUT2D eigenvalue weighted by Crippen LogP contribution is 2.17. The van der Waals surface area contributed by atoms with Crippen molar-refractivity contribution in [3.8, 4) is 0 Å². The number of rotatable bonds is 4. The molecule has 106 valence electrons. The molecule has 0 spiro atoms. The third kappa shape index (κ3) is 2.90. The van der Waals surface area contributed by atoms with Crippen LogP contribution in [0.5, 0.6) is 0 Å². The van der Waals surface area contributed by atoms with E-state index in [0.717, 1.165) is 12.0 Å². The van der Waals surface area contributed by atoms with Crippen LogP contribution in [0.3, 0.4) is 0 Å². The van der Waals surface area contributed by atoms with Gasteiger partial charge >= 0.3 is 0 Å². The second-order valence-electron chi connectivity index (χ2n) is 4.90. The summed E-state index contributed by atoms with van der Waals surface area (Å²) in [6.45, 7) is 4.37. The molecule has 1 heterocycles. The van der Waals surface area contributed by atoms with E-state index >= 15 is 0 Å². The molecule has 0 aliphatic carbocycles. The Morgan fingerprint density at radius 3 is 2.55 bits per heavy atom. The molecule has 0 radical (unpaired) electrons. The van der Waals surface area contributed by atoms with E-state index in [9.17, 15) is 9.59 Å². The predicted octanol–water partition coefficient (Wildman–Crippen LogP) is 1.87. The minimum absolute atomic E-state index is 0.0881. The predicted molar refractivity (Wildman–Crippen MR) is 77.8 cm³/mol. The molecular formula is C16H20N2O2. The van der Waals surface area contributed by atoms with Crippen LogP contribution in [0.15, 0.2) is 42.1 Å². The van der Waals surface area contributed by atoms with Crippen molar-refractivity contribution in [2.24, 2.45) is 0 Å². The van der Waals surface area contributed by atoms with Gasteiger partial charge in [-0.3, -0.25) is 9.59 Å². The number of nitrogens with zero attached hydrogens (tertiary/aromatic N) is 1. The van der Waals surface area contributed by atoms with E-state index in [1.54, 1.807) is 17.9 Å². The van der Waals surface area contributed by atoms with Gasteiger partial charge in [0.05, 0.1) is 0 Å². The van der Waals surface area contributed by atoms with E-state index in [2.05, 4.69) is 5.32 Å². The number of nitrogens with one attached hydrogen (secondary N) is 1. The van der Waals surface area contributed by atoms with Crippen LogP contribution in [0.25, 0.3) is 0 Å². The Hall–Kier alpha value is -2.10. The molecule has 0 unspecified atom stereocenters. The van der Waals surface area contributed by atoms with E-state index in [1.165, 1.54) is 0 Å². The number of hydrogen-bond acceptors (Lipinski definition) is 2. The molecule has 1 fully saturated rings. The molecule has 2 rings (SSSR count). The van der Waals surface area contributed by atoms with Crippen LogP contribution in [0.2, 0.25) is 0 Å². The maximum atomic E-state index is 12.3. The fraction of sp³-hybridized carbons (Fsp3) is 0.375. The lowest BCUT2D eigenvalue weighted by Crippen LogP contribution is -2.58. The van der Waals surface area contributed by atoms with Crippen molar-refractivity contribution in [1.82, 2.24) is 10.2 Å². The molecule has 1 aliphatic heterocycles. The quantitative estimate of drug-likeness (QED) is 0.851. The van der Waals surface area contributed by atoms with Crippen molar-refractivity contribution >= 4 is 11.8 Å². The zero-order valence-corrected chi connectivity index (χ0v) is 11.9. The van der Waals surface area contributed by atoms with Crippen molar-refractivity contribution < 1.29 is 9.59 Å². The highest BCUT2D eigenvalue weighted by atomic mass is 16.2. The molecule has 0 saturated carbocycles. The van der Waals surface area contributed by atoms with Crippen molar-refractivity contribution in [1.29, 1.82) is 0 Å². The van der Waals surface area contributed by atoms with E-state index in [1.807, 2.05) is 37.3 Å². The number of benzene rings is 1. The van der Waals surface area contributed by atoms with Crippen LogP contribution in [0.1, 0.15) is 25.8 Å². The summed E-state index contributed by atoms with van der Waals surface area (Å²) in [4.78, 5) is 26.3. The largest absolute Gasteiger partial charge is 0.325 e. The second-order valence-corrected chi connectivity index (χ2v) is 4.90. The highest BCUT2D eigenvalue weighted by molar-refractivity contribution is 6.04. The van der Waals surface area contributed by atoms with Crippen molar-refractivity contribution in [3.63, 3.8) is 0 Å². The van der Waals surface area contributed by atoms with Gasteiger partial charge in [0.25, 0.3) is 5.91 Å². The average Bonchev–Trinajstić information content (AvgIpc) is 2.47. The summed E-state index contributed by atoms with van der Waals surface area (Å²) >= 11 is 0. The molecule has 0 bridgehead atoms. The summed E-state index contributed by atoms with van der Waals surface area (Å²) in [6, 6.07) is 9.37. The molecule has 1 N–H and O–H groups in total. The first-order valence-electron chi connectivity index (χ1n) is 6.99. The average molecular weight is 272 g/mol. The first-order chi connectivity index (χ1) is 9.67. The minimum atomic E-state index is -0.423. The number of carbonyl (C=O) groups is 2. The first-order valence-corrected chi connectivity index (χ1v) is 6.99. The standard InChI is InChI=1S/C16H20N2O2/c1-3-10-18-14(11-12-8-6-5-7-9-12)15(19)17-13(4-2)16(18)20/h4-9,14H,3,10-11H2,1-2H3,(H,17,19)/b13-4-/t14-/m0/s1. The highest BCUT2D eigenvalue weighted by Gasteiger charge is 2.36. The third-order valence-corrected chi connectivity index (χ3v) is 3.45. The Labute approximate surface area is 119 Å². The topological polar surface area (TPSA) is 49.4 Å². The first kappa shape index (κ1) is 14.3. The van der Waals surface area contributed by atoms with Gasteiger partial charge in [0.15, 0.2) is 0 Å². The van der Waals surface area contributed by atoms with Crippen LogP contribution in [0.4, 0.5) is 0 Å². The number of piperazine rings is 1. The SMILES string of the molecule is C/C=C1\NC(=O)[C@H](Cc2ccccc2)N(CCC)C1=O. The Balaban J connectivity index is 2.24. The molecule has 1 aromatic rings. The van der Waals surface area contributed by atoms with Gasteiger partial charge in [-0.2, -0.15) is 0 Å². The molecule has 20 heavy (non-hydrogen) atoms. The molecule has 2 amide bonds. The van der Waals surface area contributed by atoms with Gasteiger partial charge < -0.3 is 10.2 Å². The Kier molecular flexibility index (Phi) is 4.56. The van der Waals surface area contributed by atoms with Gasteiger partial charge in [0.1, 0.15) is 11.7 Å². The molecular weight excluding hydrogens is 252 g/mol. The number of allylic oxidation sites excluding steroid dienone is 1. The molecule has 1 atom stereocenters. The van der Waals surface area contributed by atoms with Gasteiger partial charge in [-0.25, -0.2) is 0 Å². The Bertz CT molecular complexity index is 523. The van der Waals surface area contributed by atoms with Crippen LogP contribution in [0, 0.1) is 0 Å². The van der Waals surface area contributed by atoms with E-state index in [-0.39, 0.29) is 11.8 Å². The van der Waals surface area contributed by atoms with Gasteiger partial charge in [-0.15, -0.1) is 0 Å². The molecule has 1 saturated heterocycles. The summed E-state index contributed by atoms with van der Waals surface area (Å²) in [5.41, 5.74) is 1.44. The molecule has 1 aliphatic rings. The van der Waals surface area contributed by atoms with Crippen molar-refractivity contribution in [3.05, 3.63) is 47.7 Å². The summed E-state index contributed by atoms with van der Waals surface area (Å²) < 4.78 is 0. The summed E-state index contributed by atoms with van der Waals surface area (Å²) in [6.07, 6.45) is 3.04. The van der Waals surface area contributed by atoms with Crippen LogP contribution < -0.4 is 5.32 Å². The van der Waals surface area contributed by atoms with Crippen LogP contribution in [-0.2, 0) is 16.0 Å². The number of carbonyl (C=O) groups excluding carboxylic acids is 2. The van der Waals surface area contributed by atoms with Crippen molar-refractivity contribution in [2.75, 3.05) is 6.54 Å². The van der Waals surface area contributed by atoms with E-state index < -0.39 is 6.04 Å². The van der Waals surface area contributed by atoms with Crippen LogP contribution >= 0.6 is 0 Å². The fourth-order valence-electron chi connectivity index (χ4n) is 2.44. The monoisotopic (exact) mass is 272 g/mol. The molecule has 0 aromatic heterocycles. The van der Waals surface area contributed by atoms with Gasteiger partial charge in [0, 0.05) is 13.0 Å². The van der Waals surface area contributed by atoms with Gasteiger partial charge in [-0.1, -0.05) is 43.3 Å². The lowest BCUT2D eigenvalue weighted by Gasteiger charge is -2.36. The summed E-state index contributed by atoms with van der Waals surface area (Å²) in [5.74, 6) is -0.190. The van der Waals surface area contributed by atoms with Gasteiger partial charge in [0.2, 0.25) is 5.91 Å². The Morgan fingerprint density at radius 2 is 1.95 bits per heavy atom. The Morgan fingerprint density at radius 1 is 1.25 bits per heavy atom. The fourth-order valence-corrected chi connectivity index (χ4v) is 2.44. The summed E-state index contributed by atoms with van der Waals surface area (Å²) in [7, 11) is 0. The molecule has 4 heteroatoms. The van der Waals surface area contributed by atoms with Crippen molar-refractivity contribution in [2.45, 2.75) is 32.7 Å². The minimum Gasteiger partial charge on any atom is -0.325 e. The van der Waals surface area contributed by atoms with E-state index in [0.29, 0.717) is 18.7 Å². The molecule has 4 nitrogen and oxygen atoms in total. The van der Waals surface area contributed by atoms with Crippen LogP contribution in [-0.4, -0.2) is 29.3 Å². The summed E-state index contributed by atoms with van der Waals surface area (Å²) in [5, 5.41) is 2.71. The maximum absolute atomic E-state index is 12.3. The van der Waals surface area contributed by atoms with E-state index in [4.69, 9.17) is 0 Å². The smallest absolute Gasteiger partial charge is 0.270 e. The lowest BCUT2D eigenvalue weighted by atomic mass is 10.0. The second kappa shape index (κ2) is 6.37. The number of hydrogen-bond donors (Lipinski definition) is 1. The maximum Gasteiger partial charge on any atom is 0.270 e. The molecule has 1 aromatic carbocycles. The zero-order valence-electron chi connectivity index (χ0n) is 11.9.